The summed E-state index contributed by atoms with van der Waals surface area (Å²) in [7, 11) is 0. The second-order valence-corrected chi connectivity index (χ2v) is 6.04. The smallest absolute Gasteiger partial charge is 0.129 e. The Morgan fingerprint density at radius 1 is 1.29 bits per heavy atom. The highest BCUT2D eigenvalue weighted by molar-refractivity contribution is 9.10. The topological polar surface area (TPSA) is 21.3 Å². The summed E-state index contributed by atoms with van der Waals surface area (Å²) >= 11 is 3.30. The average molecular weight is 350 g/mol. The van der Waals surface area contributed by atoms with E-state index in [0.717, 1.165) is 35.4 Å². The van der Waals surface area contributed by atoms with Crippen LogP contribution in [0.25, 0.3) is 0 Å². The maximum atomic E-state index is 14.3. The van der Waals surface area contributed by atoms with Crippen molar-refractivity contribution >= 4 is 15.9 Å². The molecule has 0 fully saturated rings. The van der Waals surface area contributed by atoms with Gasteiger partial charge in [-0.2, -0.15) is 0 Å². The first-order chi connectivity index (χ1) is 10.2. The van der Waals surface area contributed by atoms with Crippen molar-refractivity contribution in [1.29, 1.82) is 0 Å². The van der Waals surface area contributed by atoms with E-state index in [1.807, 2.05) is 31.2 Å². The van der Waals surface area contributed by atoms with Gasteiger partial charge >= 0.3 is 0 Å². The summed E-state index contributed by atoms with van der Waals surface area (Å²) < 4.78 is 20.6. The zero-order valence-corrected chi connectivity index (χ0v) is 13.4. The molecule has 2 aromatic rings. The first kappa shape index (κ1) is 14.5. The van der Waals surface area contributed by atoms with Gasteiger partial charge in [-0.3, -0.25) is 0 Å². The third-order valence-corrected chi connectivity index (χ3v) is 4.22. The molecule has 0 aliphatic carbocycles. The molecule has 0 spiro atoms. The number of nitrogens with one attached hydrogen (secondary N) is 1. The van der Waals surface area contributed by atoms with Crippen LogP contribution < -0.4 is 10.1 Å². The summed E-state index contributed by atoms with van der Waals surface area (Å²) in [6, 6.07) is 11.2. The SMILES string of the molecule is CCNC(c1ccc2c(c1)CCO2)c1ccc(Br)cc1F. The minimum absolute atomic E-state index is 0.144. The van der Waals surface area contributed by atoms with Crippen LogP contribution in [0.5, 0.6) is 5.75 Å². The molecular weight excluding hydrogens is 333 g/mol. The van der Waals surface area contributed by atoms with Crippen LogP contribution in [0, 0.1) is 5.82 Å². The molecular formula is C17H17BrFNO. The summed E-state index contributed by atoms with van der Waals surface area (Å²) in [4.78, 5) is 0. The van der Waals surface area contributed by atoms with Crippen LogP contribution in [-0.4, -0.2) is 13.2 Å². The van der Waals surface area contributed by atoms with Crippen molar-refractivity contribution in [2.75, 3.05) is 13.2 Å². The molecule has 2 aromatic carbocycles. The molecule has 1 aliphatic heterocycles. The Kier molecular flexibility index (Phi) is 4.27. The summed E-state index contributed by atoms with van der Waals surface area (Å²) in [5, 5.41) is 3.37. The van der Waals surface area contributed by atoms with Crippen LogP contribution in [0.2, 0.25) is 0 Å². The predicted molar refractivity (Wildman–Crippen MR) is 85.3 cm³/mol. The molecule has 110 valence electrons. The lowest BCUT2D eigenvalue weighted by Crippen LogP contribution is -2.23. The third kappa shape index (κ3) is 2.97. The second kappa shape index (κ2) is 6.16. The number of ether oxygens (including phenoxy) is 1. The van der Waals surface area contributed by atoms with Gasteiger partial charge in [0.05, 0.1) is 12.6 Å². The van der Waals surface area contributed by atoms with Crippen molar-refractivity contribution in [2.24, 2.45) is 0 Å². The van der Waals surface area contributed by atoms with E-state index >= 15 is 0 Å². The maximum Gasteiger partial charge on any atom is 0.129 e. The monoisotopic (exact) mass is 349 g/mol. The van der Waals surface area contributed by atoms with Crippen molar-refractivity contribution in [2.45, 2.75) is 19.4 Å². The largest absolute Gasteiger partial charge is 0.493 e. The highest BCUT2D eigenvalue weighted by Crippen LogP contribution is 2.32. The summed E-state index contributed by atoms with van der Waals surface area (Å²) in [6.45, 7) is 3.53. The molecule has 3 rings (SSSR count). The van der Waals surface area contributed by atoms with Crippen molar-refractivity contribution in [1.82, 2.24) is 5.32 Å². The summed E-state index contributed by atoms with van der Waals surface area (Å²) in [6.07, 6.45) is 0.921. The molecule has 1 heterocycles. The molecule has 1 unspecified atom stereocenters. The first-order valence-electron chi connectivity index (χ1n) is 7.13. The lowest BCUT2D eigenvalue weighted by molar-refractivity contribution is 0.357. The number of halogens is 2. The Hall–Kier alpha value is -1.39. The van der Waals surface area contributed by atoms with Crippen LogP contribution in [0.15, 0.2) is 40.9 Å². The maximum absolute atomic E-state index is 14.3. The van der Waals surface area contributed by atoms with Crippen molar-refractivity contribution < 1.29 is 9.13 Å². The van der Waals surface area contributed by atoms with Crippen LogP contribution in [0.1, 0.15) is 29.7 Å². The van der Waals surface area contributed by atoms with E-state index in [0.29, 0.717) is 5.56 Å². The molecule has 21 heavy (non-hydrogen) atoms. The fraction of sp³-hybridized carbons (Fsp3) is 0.294. The highest BCUT2D eigenvalue weighted by Gasteiger charge is 2.20. The van der Waals surface area contributed by atoms with Gasteiger partial charge in [-0.05, 0) is 35.9 Å². The average Bonchev–Trinajstić information content (AvgIpc) is 2.93. The standard InChI is InChI=1S/C17H17BrFNO/c1-2-20-17(14-5-4-13(18)10-15(14)19)12-3-6-16-11(9-12)7-8-21-16/h3-6,9-10,17,20H,2,7-8H2,1H3. The number of hydrogen-bond donors (Lipinski definition) is 1. The van der Waals surface area contributed by atoms with E-state index in [2.05, 4.69) is 27.3 Å². The number of fused-ring (bicyclic) bond motifs is 1. The van der Waals surface area contributed by atoms with E-state index in [1.165, 1.54) is 11.6 Å². The molecule has 1 aliphatic rings. The molecule has 1 atom stereocenters. The Morgan fingerprint density at radius 3 is 2.90 bits per heavy atom. The molecule has 1 N–H and O–H groups in total. The Labute approximate surface area is 132 Å². The number of benzene rings is 2. The third-order valence-electron chi connectivity index (χ3n) is 3.73. The predicted octanol–water partition coefficient (Wildman–Crippen LogP) is 4.22. The van der Waals surface area contributed by atoms with Crippen LogP contribution in [0.4, 0.5) is 4.39 Å². The minimum atomic E-state index is -0.202. The van der Waals surface area contributed by atoms with Crippen molar-refractivity contribution in [3.05, 3.63) is 63.4 Å². The lowest BCUT2D eigenvalue weighted by Gasteiger charge is -2.20. The van der Waals surface area contributed by atoms with E-state index in [-0.39, 0.29) is 11.9 Å². The van der Waals surface area contributed by atoms with Crippen LogP contribution in [-0.2, 0) is 6.42 Å². The van der Waals surface area contributed by atoms with E-state index in [1.54, 1.807) is 0 Å². The minimum Gasteiger partial charge on any atom is -0.493 e. The van der Waals surface area contributed by atoms with Gasteiger partial charge in [-0.1, -0.05) is 41.1 Å². The lowest BCUT2D eigenvalue weighted by atomic mass is 9.96. The van der Waals surface area contributed by atoms with Crippen LogP contribution in [0.3, 0.4) is 0 Å². The van der Waals surface area contributed by atoms with E-state index < -0.39 is 0 Å². The number of rotatable bonds is 4. The molecule has 0 saturated carbocycles. The van der Waals surface area contributed by atoms with Gasteiger partial charge in [0.2, 0.25) is 0 Å². The quantitative estimate of drug-likeness (QED) is 0.891. The zero-order chi connectivity index (χ0) is 14.8. The summed E-state index contributed by atoms with van der Waals surface area (Å²) in [5.41, 5.74) is 2.94. The fourth-order valence-corrected chi connectivity index (χ4v) is 3.07. The normalized spacial score (nSPS) is 14.6. The van der Waals surface area contributed by atoms with Gasteiger partial charge in [0.15, 0.2) is 0 Å². The number of hydrogen-bond acceptors (Lipinski definition) is 2. The summed E-state index contributed by atoms with van der Waals surface area (Å²) in [5.74, 6) is 0.748. The molecule has 0 bridgehead atoms. The van der Waals surface area contributed by atoms with Gasteiger partial charge in [-0.25, -0.2) is 4.39 Å². The molecule has 0 amide bonds. The first-order valence-corrected chi connectivity index (χ1v) is 7.92. The molecule has 4 heteroatoms. The zero-order valence-electron chi connectivity index (χ0n) is 11.8. The van der Waals surface area contributed by atoms with Gasteiger partial charge < -0.3 is 10.1 Å². The highest BCUT2D eigenvalue weighted by atomic mass is 79.9. The molecule has 0 aromatic heterocycles. The van der Waals surface area contributed by atoms with Gasteiger partial charge in [0.1, 0.15) is 11.6 Å². The molecule has 2 nitrogen and oxygen atoms in total. The van der Waals surface area contributed by atoms with E-state index in [9.17, 15) is 4.39 Å². The Morgan fingerprint density at radius 2 is 2.14 bits per heavy atom. The molecule has 0 radical (unpaired) electrons. The van der Waals surface area contributed by atoms with E-state index in [4.69, 9.17) is 4.74 Å². The Bertz CT molecular complexity index is 659. The van der Waals surface area contributed by atoms with Crippen molar-refractivity contribution in [3.63, 3.8) is 0 Å². The molecule has 0 saturated heterocycles. The second-order valence-electron chi connectivity index (χ2n) is 5.12. The van der Waals surface area contributed by atoms with Gasteiger partial charge in [-0.15, -0.1) is 0 Å². The van der Waals surface area contributed by atoms with Crippen LogP contribution >= 0.6 is 15.9 Å². The Balaban J connectivity index is 2.01. The van der Waals surface area contributed by atoms with Gasteiger partial charge in [0.25, 0.3) is 0 Å². The van der Waals surface area contributed by atoms with Crippen molar-refractivity contribution in [3.8, 4) is 5.75 Å². The van der Waals surface area contributed by atoms with Gasteiger partial charge in [0, 0.05) is 16.5 Å². The fourth-order valence-electron chi connectivity index (χ4n) is 2.73.